The highest BCUT2D eigenvalue weighted by Crippen LogP contribution is 2.21. The molecule has 3 nitrogen and oxygen atoms in total. The van der Waals surface area contributed by atoms with Crippen molar-refractivity contribution in [2.75, 3.05) is 19.3 Å². The zero-order chi connectivity index (χ0) is 10.7. The van der Waals surface area contributed by atoms with Crippen LogP contribution in [0.25, 0.3) is 0 Å². The first-order valence-corrected chi connectivity index (χ1v) is 7.16. The van der Waals surface area contributed by atoms with E-state index in [9.17, 15) is 4.79 Å². The molecule has 15 heavy (non-hydrogen) atoms. The number of nitrogens with one attached hydrogen (secondary N) is 1. The maximum absolute atomic E-state index is 11.9. The molecule has 1 aliphatic carbocycles. The van der Waals surface area contributed by atoms with Crippen LogP contribution in [0.4, 0.5) is 4.79 Å². The minimum atomic E-state index is 0.165. The van der Waals surface area contributed by atoms with Crippen LogP contribution < -0.4 is 5.32 Å². The van der Waals surface area contributed by atoms with Crippen LogP contribution in [-0.2, 0) is 0 Å². The molecule has 0 unspecified atom stereocenters. The molecule has 1 heterocycles. The second kappa shape index (κ2) is 5.10. The van der Waals surface area contributed by atoms with Gasteiger partial charge in [0.05, 0.1) is 0 Å². The third-order valence-electron chi connectivity index (χ3n) is 3.45. The van der Waals surface area contributed by atoms with Crippen molar-refractivity contribution in [3.05, 3.63) is 0 Å². The first-order chi connectivity index (χ1) is 7.29. The SMILES string of the molecule is CS[C@@H]1CCN(C(=O)NC2CCCC2)C1. The molecule has 2 fully saturated rings. The zero-order valence-corrected chi connectivity index (χ0v) is 10.2. The molecule has 0 bridgehead atoms. The minimum absolute atomic E-state index is 0.165. The number of nitrogens with zero attached hydrogens (tertiary/aromatic N) is 1. The molecule has 0 radical (unpaired) electrons. The van der Waals surface area contributed by atoms with Gasteiger partial charge in [0.2, 0.25) is 0 Å². The Balaban J connectivity index is 1.76. The van der Waals surface area contributed by atoms with Crippen LogP contribution >= 0.6 is 11.8 Å². The second-order valence-corrected chi connectivity index (χ2v) is 5.66. The quantitative estimate of drug-likeness (QED) is 0.785. The van der Waals surface area contributed by atoms with Gasteiger partial charge >= 0.3 is 6.03 Å². The van der Waals surface area contributed by atoms with Crippen molar-refractivity contribution in [3.8, 4) is 0 Å². The molecule has 2 rings (SSSR count). The van der Waals surface area contributed by atoms with Crippen molar-refractivity contribution >= 4 is 17.8 Å². The van der Waals surface area contributed by atoms with Gasteiger partial charge in [-0.3, -0.25) is 0 Å². The van der Waals surface area contributed by atoms with Crippen molar-refractivity contribution in [1.29, 1.82) is 0 Å². The summed E-state index contributed by atoms with van der Waals surface area (Å²) in [6.45, 7) is 1.86. The lowest BCUT2D eigenvalue weighted by atomic mass is 10.2. The maximum atomic E-state index is 11.9. The van der Waals surface area contributed by atoms with Gasteiger partial charge in [-0.2, -0.15) is 11.8 Å². The van der Waals surface area contributed by atoms with Gasteiger partial charge in [-0.1, -0.05) is 12.8 Å². The standard InChI is InChI=1S/C11H20N2OS/c1-15-10-6-7-13(8-10)11(14)12-9-4-2-3-5-9/h9-10H,2-8H2,1H3,(H,12,14)/t10-/m1/s1. The van der Waals surface area contributed by atoms with E-state index < -0.39 is 0 Å². The van der Waals surface area contributed by atoms with Gasteiger partial charge in [0.25, 0.3) is 0 Å². The van der Waals surface area contributed by atoms with E-state index in [1.165, 1.54) is 25.7 Å². The van der Waals surface area contributed by atoms with E-state index in [1.54, 1.807) is 0 Å². The second-order valence-electron chi connectivity index (χ2n) is 4.52. The summed E-state index contributed by atoms with van der Waals surface area (Å²) in [5, 5.41) is 3.80. The normalized spacial score (nSPS) is 27.3. The Morgan fingerprint density at radius 1 is 1.33 bits per heavy atom. The highest BCUT2D eigenvalue weighted by atomic mass is 32.2. The zero-order valence-electron chi connectivity index (χ0n) is 9.37. The number of amides is 2. The predicted octanol–water partition coefficient (Wildman–Crippen LogP) is 2.08. The molecular formula is C11H20N2OS. The Kier molecular flexibility index (Phi) is 3.78. The van der Waals surface area contributed by atoms with Crippen LogP contribution in [-0.4, -0.2) is 41.6 Å². The molecule has 0 aromatic carbocycles. The highest BCUT2D eigenvalue weighted by molar-refractivity contribution is 7.99. The third-order valence-corrected chi connectivity index (χ3v) is 4.50. The van der Waals surface area contributed by atoms with Gasteiger partial charge in [0.1, 0.15) is 0 Å². The van der Waals surface area contributed by atoms with E-state index in [0.29, 0.717) is 11.3 Å². The molecule has 1 saturated heterocycles. The van der Waals surface area contributed by atoms with Crippen molar-refractivity contribution in [2.45, 2.75) is 43.4 Å². The van der Waals surface area contributed by atoms with Gasteiger partial charge < -0.3 is 10.2 Å². The molecule has 0 aromatic heterocycles. The van der Waals surface area contributed by atoms with Crippen LogP contribution in [0.3, 0.4) is 0 Å². The summed E-state index contributed by atoms with van der Waals surface area (Å²) in [5.41, 5.74) is 0. The Labute approximate surface area is 96.0 Å². The molecule has 1 saturated carbocycles. The van der Waals surface area contributed by atoms with Gasteiger partial charge in [-0.15, -0.1) is 0 Å². The van der Waals surface area contributed by atoms with Gasteiger partial charge in [0, 0.05) is 24.4 Å². The Morgan fingerprint density at radius 2 is 2.07 bits per heavy atom. The lowest BCUT2D eigenvalue weighted by molar-refractivity contribution is 0.205. The van der Waals surface area contributed by atoms with Gasteiger partial charge in [-0.05, 0) is 25.5 Å². The Bertz CT molecular complexity index is 229. The van der Waals surface area contributed by atoms with Crippen LogP contribution in [0.1, 0.15) is 32.1 Å². The fraction of sp³-hybridized carbons (Fsp3) is 0.909. The summed E-state index contributed by atoms with van der Waals surface area (Å²) in [5.74, 6) is 0. The average Bonchev–Trinajstić information content (AvgIpc) is 2.86. The average molecular weight is 228 g/mol. The molecular weight excluding hydrogens is 208 g/mol. The fourth-order valence-corrected chi connectivity index (χ4v) is 3.11. The number of likely N-dealkylation sites (tertiary alicyclic amines) is 1. The molecule has 0 aromatic rings. The summed E-state index contributed by atoms with van der Waals surface area (Å²) < 4.78 is 0. The van der Waals surface area contributed by atoms with Crippen molar-refractivity contribution in [3.63, 3.8) is 0 Å². The number of hydrogen-bond donors (Lipinski definition) is 1. The molecule has 4 heteroatoms. The van der Waals surface area contributed by atoms with E-state index in [2.05, 4.69) is 11.6 Å². The van der Waals surface area contributed by atoms with Crippen molar-refractivity contribution < 1.29 is 4.79 Å². The first kappa shape index (κ1) is 11.1. The smallest absolute Gasteiger partial charge is 0.317 e. The van der Waals surface area contributed by atoms with Crippen LogP contribution in [0.2, 0.25) is 0 Å². The number of carbonyl (C=O) groups excluding carboxylic acids is 1. The predicted molar refractivity (Wildman–Crippen MR) is 64.3 cm³/mol. The van der Waals surface area contributed by atoms with Crippen LogP contribution in [0, 0.1) is 0 Å². The summed E-state index contributed by atoms with van der Waals surface area (Å²) in [6, 6.07) is 0.615. The molecule has 1 N–H and O–H groups in total. The Hall–Kier alpha value is -0.380. The third kappa shape index (κ3) is 2.80. The minimum Gasteiger partial charge on any atom is -0.335 e. The lowest BCUT2D eigenvalue weighted by Gasteiger charge is -2.20. The highest BCUT2D eigenvalue weighted by Gasteiger charge is 2.27. The van der Waals surface area contributed by atoms with E-state index in [1.807, 2.05) is 16.7 Å². The van der Waals surface area contributed by atoms with Crippen LogP contribution in [0.5, 0.6) is 0 Å². The molecule has 2 aliphatic rings. The van der Waals surface area contributed by atoms with E-state index in [-0.39, 0.29) is 6.03 Å². The fourth-order valence-electron chi connectivity index (χ4n) is 2.44. The van der Waals surface area contributed by atoms with E-state index in [4.69, 9.17) is 0 Å². The topological polar surface area (TPSA) is 32.3 Å². The number of thioether (sulfide) groups is 1. The molecule has 0 spiro atoms. The molecule has 1 atom stereocenters. The van der Waals surface area contributed by atoms with E-state index >= 15 is 0 Å². The summed E-state index contributed by atoms with van der Waals surface area (Å²) in [7, 11) is 0. The molecule has 2 amide bonds. The monoisotopic (exact) mass is 228 g/mol. The summed E-state index contributed by atoms with van der Waals surface area (Å²) in [6.07, 6.45) is 8.18. The largest absolute Gasteiger partial charge is 0.335 e. The van der Waals surface area contributed by atoms with Crippen molar-refractivity contribution in [2.24, 2.45) is 0 Å². The molecule has 1 aliphatic heterocycles. The van der Waals surface area contributed by atoms with Gasteiger partial charge in [-0.25, -0.2) is 4.79 Å². The molecule has 86 valence electrons. The number of hydrogen-bond acceptors (Lipinski definition) is 2. The number of urea groups is 1. The summed E-state index contributed by atoms with van der Waals surface area (Å²) >= 11 is 1.87. The maximum Gasteiger partial charge on any atom is 0.317 e. The summed E-state index contributed by atoms with van der Waals surface area (Å²) in [4.78, 5) is 13.8. The van der Waals surface area contributed by atoms with Crippen molar-refractivity contribution in [1.82, 2.24) is 10.2 Å². The number of rotatable bonds is 2. The Morgan fingerprint density at radius 3 is 2.67 bits per heavy atom. The van der Waals surface area contributed by atoms with Gasteiger partial charge in [0.15, 0.2) is 0 Å². The van der Waals surface area contributed by atoms with E-state index in [0.717, 1.165) is 19.5 Å². The lowest BCUT2D eigenvalue weighted by Crippen LogP contribution is -2.43. The number of carbonyl (C=O) groups is 1. The first-order valence-electron chi connectivity index (χ1n) is 5.88. The van der Waals surface area contributed by atoms with Crippen LogP contribution in [0.15, 0.2) is 0 Å².